The molecule has 0 saturated carbocycles. The topological polar surface area (TPSA) is 69.1 Å². The van der Waals surface area contributed by atoms with Gasteiger partial charge in [0.1, 0.15) is 0 Å². The highest BCUT2D eigenvalue weighted by Gasteiger charge is 2.10. The van der Waals surface area contributed by atoms with E-state index in [2.05, 4.69) is 10.1 Å². The maximum Gasteiger partial charge on any atom is 0.273 e. The molecule has 0 aliphatic rings. The molecule has 0 amide bonds. The van der Waals surface area contributed by atoms with Gasteiger partial charge in [0, 0.05) is 17.8 Å². The molecule has 0 bridgehead atoms. The summed E-state index contributed by atoms with van der Waals surface area (Å²) in [5.41, 5.74) is 1.32. The number of H-pyrrole nitrogens is 1. The average molecular weight is 297 g/mol. The Morgan fingerprint density at radius 2 is 1.86 bits per heavy atom. The van der Waals surface area contributed by atoms with Crippen LogP contribution in [0.1, 0.15) is 0 Å². The molecule has 1 N–H and O–H groups in total. The van der Waals surface area contributed by atoms with E-state index in [-0.39, 0.29) is 5.56 Å². The van der Waals surface area contributed by atoms with Crippen molar-refractivity contribution >= 4 is 0 Å². The Labute approximate surface area is 126 Å². The van der Waals surface area contributed by atoms with Gasteiger partial charge in [0.15, 0.2) is 17.3 Å². The molecule has 0 aliphatic heterocycles. The highest BCUT2D eigenvalue weighted by molar-refractivity contribution is 5.63. The largest absolute Gasteiger partial charge is 0.493 e. The summed E-state index contributed by atoms with van der Waals surface area (Å²) in [7, 11) is 3.15. The van der Waals surface area contributed by atoms with E-state index in [4.69, 9.17) is 9.47 Å². The van der Waals surface area contributed by atoms with Crippen LogP contribution in [0.3, 0.4) is 0 Å². The summed E-state index contributed by atoms with van der Waals surface area (Å²) < 4.78 is 11.9. The molecule has 6 nitrogen and oxygen atoms in total. The second-order valence-electron chi connectivity index (χ2n) is 4.60. The number of aromatic nitrogens is 3. The first-order valence-corrected chi connectivity index (χ1v) is 6.69. The summed E-state index contributed by atoms with van der Waals surface area (Å²) in [6.07, 6.45) is 1.64. The van der Waals surface area contributed by atoms with Crippen LogP contribution in [-0.2, 0) is 0 Å². The smallest absolute Gasteiger partial charge is 0.273 e. The Hall–Kier alpha value is -3.02. The van der Waals surface area contributed by atoms with Gasteiger partial charge >= 0.3 is 0 Å². The van der Waals surface area contributed by atoms with E-state index < -0.39 is 0 Å². The van der Waals surface area contributed by atoms with Crippen molar-refractivity contribution in [3.8, 4) is 28.6 Å². The van der Waals surface area contributed by atoms with Gasteiger partial charge in [-0.1, -0.05) is 6.07 Å². The Morgan fingerprint density at radius 1 is 1.05 bits per heavy atom. The number of hydrogen-bond acceptors (Lipinski definition) is 4. The fourth-order valence-electron chi connectivity index (χ4n) is 2.20. The molecule has 0 spiro atoms. The van der Waals surface area contributed by atoms with E-state index in [9.17, 15) is 4.79 Å². The first-order chi connectivity index (χ1) is 10.7. The summed E-state index contributed by atoms with van der Waals surface area (Å²) in [5.74, 6) is 1.78. The number of hydrogen-bond donors (Lipinski definition) is 1. The van der Waals surface area contributed by atoms with Gasteiger partial charge in [-0.15, -0.1) is 0 Å². The van der Waals surface area contributed by atoms with Crippen LogP contribution in [0.25, 0.3) is 17.1 Å². The van der Waals surface area contributed by atoms with Crippen molar-refractivity contribution in [1.82, 2.24) is 14.8 Å². The van der Waals surface area contributed by atoms with Crippen molar-refractivity contribution < 1.29 is 9.47 Å². The van der Waals surface area contributed by atoms with E-state index in [1.807, 2.05) is 18.2 Å². The van der Waals surface area contributed by atoms with Crippen LogP contribution in [-0.4, -0.2) is 29.0 Å². The third-order valence-electron chi connectivity index (χ3n) is 3.29. The van der Waals surface area contributed by atoms with Crippen molar-refractivity contribution in [3.05, 3.63) is 59.0 Å². The summed E-state index contributed by atoms with van der Waals surface area (Å²) >= 11 is 0. The van der Waals surface area contributed by atoms with Crippen LogP contribution in [0.15, 0.2) is 53.5 Å². The molecule has 3 rings (SSSR count). The Balaban J connectivity index is 2.05. The summed E-state index contributed by atoms with van der Waals surface area (Å²) in [4.78, 5) is 16.3. The highest BCUT2D eigenvalue weighted by atomic mass is 16.5. The summed E-state index contributed by atoms with van der Waals surface area (Å²) in [6, 6.07) is 12.4. The van der Waals surface area contributed by atoms with Crippen molar-refractivity contribution in [2.45, 2.75) is 0 Å². The average Bonchev–Trinajstić information content (AvgIpc) is 2.97. The van der Waals surface area contributed by atoms with Crippen molar-refractivity contribution in [1.29, 1.82) is 0 Å². The monoisotopic (exact) mass is 297 g/mol. The van der Waals surface area contributed by atoms with E-state index in [1.54, 1.807) is 38.6 Å². The molecule has 0 aliphatic carbocycles. The van der Waals surface area contributed by atoms with Gasteiger partial charge < -0.3 is 9.47 Å². The number of nitrogens with zero attached hydrogens (tertiary/aromatic N) is 2. The van der Waals surface area contributed by atoms with Crippen LogP contribution < -0.4 is 15.0 Å². The number of ether oxygens (including phenoxy) is 2. The van der Waals surface area contributed by atoms with Crippen LogP contribution in [0, 0.1) is 0 Å². The number of nitrogens with one attached hydrogen (secondary N) is 1. The lowest BCUT2D eigenvalue weighted by Crippen LogP contribution is -2.14. The third-order valence-corrected chi connectivity index (χ3v) is 3.29. The lowest BCUT2D eigenvalue weighted by molar-refractivity contribution is 0.355. The van der Waals surface area contributed by atoms with E-state index in [0.29, 0.717) is 23.0 Å². The fraction of sp³-hybridized carbons (Fsp3) is 0.125. The molecular formula is C16H15N3O3. The minimum absolute atomic E-state index is 0.177. The number of aromatic amines is 1. The quantitative estimate of drug-likeness (QED) is 0.802. The standard InChI is InChI=1S/C16H15N3O3/c1-21-13-7-6-11(9-14(13)22-2)12-10-16(20)19(18-12)15-5-3-4-8-17-15/h3-10,18H,1-2H3. The molecule has 2 heterocycles. The van der Waals surface area contributed by atoms with Gasteiger partial charge in [-0.25, -0.2) is 9.67 Å². The third kappa shape index (κ3) is 2.46. The zero-order valence-corrected chi connectivity index (χ0v) is 12.2. The predicted molar refractivity (Wildman–Crippen MR) is 82.7 cm³/mol. The Bertz CT molecular complexity index is 837. The van der Waals surface area contributed by atoms with Crippen LogP contribution in [0.5, 0.6) is 11.5 Å². The maximum atomic E-state index is 12.1. The number of pyridine rings is 1. The minimum atomic E-state index is -0.177. The number of rotatable bonds is 4. The zero-order valence-electron chi connectivity index (χ0n) is 12.2. The molecule has 22 heavy (non-hydrogen) atoms. The van der Waals surface area contributed by atoms with Gasteiger partial charge in [-0.2, -0.15) is 0 Å². The predicted octanol–water partition coefficient (Wildman–Crippen LogP) is 2.24. The van der Waals surface area contributed by atoms with Crippen LogP contribution in [0.4, 0.5) is 0 Å². The van der Waals surface area contributed by atoms with Crippen molar-refractivity contribution in [3.63, 3.8) is 0 Å². The molecule has 112 valence electrons. The van der Waals surface area contributed by atoms with Gasteiger partial charge in [-0.05, 0) is 30.3 Å². The van der Waals surface area contributed by atoms with Gasteiger partial charge in [0.2, 0.25) is 0 Å². The maximum absolute atomic E-state index is 12.1. The van der Waals surface area contributed by atoms with E-state index in [0.717, 1.165) is 5.56 Å². The summed E-state index contributed by atoms with van der Waals surface area (Å²) in [5, 5.41) is 3.05. The molecule has 0 radical (unpaired) electrons. The van der Waals surface area contributed by atoms with Crippen molar-refractivity contribution in [2.24, 2.45) is 0 Å². The normalized spacial score (nSPS) is 10.5. The SMILES string of the molecule is COc1ccc(-c2cc(=O)n(-c3ccccn3)[nH]2)cc1OC. The van der Waals surface area contributed by atoms with Crippen LogP contribution in [0.2, 0.25) is 0 Å². The lowest BCUT2D eigenvalue weighted by atomic mass is 10.1. The molecule has 0 fully saturated rings. The van der Waals surface area contributed by atoms with Crippen molar-refractivity contribution in [2.75, 3.05) is 14.2 Å². The Kier molecular flexibility index (Phi) is 3.65. The van der Waals surface area contributed by atoms with Gasteiger partial charge in [0.05, 0.1) is 19.9 Å². The first-order valence-electron chi connectivity index (χ1n) is 6.69. The second kappa shape index (κ2) is 5.77. The molecular weight excluding hydrogens is 282 g/mol. The summed E-state index contributed by atoms with van der Waals surface area (Å²) in [6.45, 7) is 0. The molecule has 6 heteroatoms. The fourth-order valence-corrected chi connectivity index (χ4v) is 2.20. The van der Waals surface area contributed by atoms with E-state index in [1.165, 1.54) is 10.7 Å². The molecule has 0 saturated heterocycles. The minimum Gasteiger partial charge on any atom is -0.493 e. The zero-order chi connectivity index (χ0) is 15.5. The number of methoxy groups -OCH3 is 2. The molecule has 0 atom stereocenters. The molecule has 3 aromatic rings. The van der Waals surface area contributed by atoms with Gasteiger partial charge in [0.25, 0.3) is 5.56 Å². The molecule has 0 unspecified atom stereocenters. The molecule has 1 aromatic carbocycles. The second-order valence-corrected chi connectivity index (χ2v) is 4.60. The first kappa shape index (κ1) is 13.9. The van der Waals surface area contributed by atoms with E-state index >= 15 is 0 Å². The Morgan fingerprint density at radius 3 is 2.55 bits per heavy atom. The molecule has 2 aromatic heterocycles. The lowest BCUT2D eigenvalue weighted by Gasteiger charge is -2.08. The van der Waals surface area contributed by atoms with Gasteiger partial charge in [-0.3, -0.25) is 9.89 Å². The number of benzene rings is 1. The highest BCUT2D eigenvalue weighted by Crippen LogP contribution is 2.31. The van der Waals surface area contributed by atoms with Crippen LogP contribution >= 0.6 is 0 Å².